The first kappa shape index (κ1) is 16.2. The van der Waals surface area contributed by atoms with Gasteiger partial charge in [-0.3, -0.25) is 5.41 Å². The molecule has 0 saturated heterocycles. The lowest BCUT2D eigenvalue weighted by Gasteiger charge is -2.20. The van der Waals surface area contributed by atoms with Crippen molar-refractivity contribution in [3.05, 3.63) is 24.3 Å². The monoisotopic (exact) mass is 301 g/mol. The molecule has 0 aromatic heterocycles. The normalized spacial score (nSPS) is 16.4. The molecule has 0 saturated carbocycles. The van der Waals surface area contributed by atoms with Crippen LogP contribution in [0.4, 0.5) is 11.4 Å². The van der Waals surface area contributed by atoms with Gasteiger partial charge in [-0.25, -0.2) is 10.0 Å². The van der Waals surface area contributed by atoms with E-state index in [0.29, 0.717) is 18.0 Å². The van der Waals surface area contributed by atoms with E-state index in [1.54, 1.807) is 0 Å². The van der Waals surface area contributed by atoms with Crippen LogP contribution in [-0.2, 0) is 0 Å². The second kappa shape index (κ2) is 7.17. The maximum Gasteiger partial charge on any atom is 0.169 e. The van der Waals surface area contributed by atoms with E-state index in [1.165, 1.54) is 10.7 Å². The van der Waals surface area contributed by atoms with Crippen LogP contribution < -0.4 is 4.90 Å². The zero-order valence-corrected chi connectivity index (χ0v) is 13.4. The second-order valence-corrected chi connectivity index (χ2v) is 5.03. The Morgan fingerprint density at radius 3 is 2.41 bits per heavy atom. The summed E-state index contributed by atoms with van der Waals surface area (Å²) in [4.78, 5) is 6.79. The summed E-state index contributed by atoms with van der Waals surface area (Å²) >= 11 is 0. The van der Waals surface area contributed by atoms with Gasteiger partial charge in [-0.1, -0.05) is 0 Å². The van der Waals surface area contributed by atoms with Crippen LogP contribution in [0.15, 0.2) is 34.4 Å². The van der Waals surface area contributed by atoms with Crippen LogP contribution in [-0.4, -0.2) is 53.6 Å². The van der Waals surface area contributed by atoms with Gasteiger partial charge in [0.05, 0.1) is 24.6 Å². The Morgan fingerprint density at radius 2 is 1.86 bits per heavy atom. The van der Waals surface area contributed by atoms with Gasteiger partial charge in [-0.05, 0) is 45.0 Å². The zero-order valence-electron chi connectivity index (χ0n) is 13.4. The van der Waals surface area contributed by atoms with E-state index < -0.39 is 0 Å². The summed E-state index contributed by atoms with van der Waals surface area (Å²) in [6, 6.07) is 8.00. The van der Waals surface area contributed by atoms with Gasteiger partial charge in [-0.15, -0.1) is 0 Å². The molecule has 0 unspecified atom stereocenters. The molecule has 1 aromatic carbocycles. The molecule has 2 N–H and O–H groups in total. The van der Waals surface area contributed by atoms with Gasteiger partial charge in [0.15, 0.2) is 5.84 Å². The average molecular weight is 301 g/mol. The molecule has 0 atom stereocenters. The lowest BCUT2D eigenvalue weighted by molar-refractivity contribution is 0.255. The standard InChI is InChI=1S/C16H23N5O/c1-4-20(5-2)14-8-6-13(7-9-14)18-15-12(3)19-21(10-11-22)16(15)17/h6-9,17,22H,4-5,10-11H2,1-3H3. The van der Waals surface area contributed by atoms with Crippen molar-refractivity contribution in [3.8, 4) is 0 Å². The summed E-state index contributed by atoms with van der Waals surface area (Å²) in [6.45, 7) is 8.31. The molecule has 0 spiro atoms. The molecule has 22 heavy (non-hydrogen) atoms. The highest BCUT2D eigenvalue weighted by Gasteiger charge is 2.25. The number of aliphatic imine (C=N–C) groups is 1. The van der Waals surface area contributed by atoms with Crippen LogP contribution in [0.25, 0.3) is 0 Å². The van der Waals surface area contributed by atoms with Crippen LogP contribution in [0.2, 0.25) is 0 Å². The summed E-state index contributed by atoms with van der Waals surface area (Å²) in [7, 11) is 0. The number of β-amino-alcohol motifs (C(OH)–C–C–N with tert-alkyl or cyclic N) is 1. The van der Waals surface area contributed by atoms with Crippen molar-refractivity contribution >= 4 is 28.6 Å². The van der Waals surface area contributed by atoms with E-state index in [9.17, 15) is 0 Å². The fourth-order valence-corrected chi connectivity index (χ4v) is 2.42. The molecule has 1 aliphatic rings. The van der Waals surface area contributed by atoms with Crippen LogP contribution in [0.1, 0.15) is 20.8 Å². The number of hydrazone groups is 1. The average Bonchev–Trinajstić information content (AvgIpc) is 2.78. The minimum absolute atomic E-state index is 0.0367. The van der Waals surface area contributed by atoms with Crippen LogP contribution >= 0.6 is 0 Å². The van der Waals surface area contributed by atoms with E-state index in [-0.39, 0.29) is 12.4 Å². The predicted octanol–water partition coefficient (Wildman–Crippen LogP) is 2.27. The highest BCUT2D eigenvalue weighted by atomic mass is 16.3. The third-order valence-corrected chi connectivity index (χ3v) is 3.63. The number of amidine groups is 1. The van der Waals surface area contributed by atoms with E-state index in [2.05, 4.69) is 28.8 Å². The maximum absolute atomic E-state index is 8.98. The molecule has 2 rings (SSSR count). The Bertz CT molecular complexity index is 587. The number of nitrogens with zero attached hydrogens (tertiary/aromatic N) is 4. The molecule has 1 aromatic rings. The Kier molecular flexibility index (Phi) is 5.27. The van der Waals surface area contributed by atoms with Crippen LogP contribution in [0.3, 0.4) is 0 Å². The third kappa shape index (κ3) is 3.33. The number of hydrogen-bond donors (Lipinski definition) is 2. The van der Waals surface area contributed by atoms with Crippen molar-refractivity contribution in [3.63, 3.8) is 0 Å². The Morgan fingerprint density at radius 1 is 1.23 bits per heavy atom. The summed E-state index contributed by atoms with van der Waals surface area (Å²) in [5.74, 6) is 0.236. The van der Waals surface area contributed by atoms with E-state index in [4.69, 9.17) is 10.5 Å². The highest BCUT2D eigenvalue weighted by Crippen LogP contribution is 2.21. The molecule has 1 aliphatic heterocycles. The number of benzene rings is 1. The van der Waals surface area contributed by atoms with Gasteiger partial charge in [-0.2, -0.15) is 5.10 Å². The van der Waals surface area contributed by atoms with Gasteiger partial charge < -0.3 is 10.0 Å². The molecule has 6 nitrogen and oxygen atoms in total. The lowest BCUT2D eigenvalue weighted by atomic mass is 10.2. The summed E-state index contributed by atoms with van der Waals surface area (Å²) < 4.78 is 0. The second-order valence-electron chi connectivity index (χ2n) is 5.03. The molecule has 0 bridgehead atoms. The molecule has 0 fully saturated rings. The van der Waals surface area contributed by atoms with Gasteiger partial charge in [0.1, 0.15) is 5.71 Å². The van der Waals surface area contributed by atoms with Crippen molar-refractivity contribution in [2.75, 3.05) is 31.1 Å². The zero-order chi connectivity index (χ0) is 16.1. The SMILES string of the molecule is CCN(CC)c1ccc(N=C2C(=N)N(CCO)N=C2C)cc1. The number of aliphatic hydroxyl groups excluding tert-OH is 1. The first-order valence-corrected chi connectivity index (χ1v) is 7.57. The first-order chi connectivity index (χ1) is 10.6. The van der Waals surface area contributed by atoms with Gasteiger partial charge in [0.2, 0.25) is 0 Å². The number of rotatable bonds is 6. The molecular formula is C16H23N5O. The van der Waals surface area contributed by atoms with E-state index in [0.717, 1.165) is 18.8 Å². The fraction of sp³-hybridized carbons (Fsp3) is 0.438. The summed E-state index contributed by atoms with van der Waals surface area (Å²) in [5.41, 5.74) is 3.23. The lowest BCUT2D eigenvalue weighted by Crippen LogP contribution is -2.28. The number of anilines is 1. The number of hydrogen-bond acceptors (Lipinski definition) is 5. The number of nitrogens with one attached hydrogen (secondary N) is 1. The first-order valence-electron chi connectivity index (χ1n) is 7.57. The van der Waals surface area contributed by atoms with Crippen molar-refractivity contribution in [2.24, 2.45) is 10.1 Å². The van der Waals surface area contributed by atoms with E-state index >= 15 is 0 Å². The molecular weight excluding hydrogens is 278 g/mol. The molecule has 0 aliphatic carbocycles. The summed E-state index contributed by atoms with van der Waals surface area (Å²) in [5, 5.41) is 22.8. The topological polar surface area (TPSA) is 75.3 Å². The van der Waals surface area contributed by atoms with Crippen molar-refractivity contribution < 1.29 is 5.11 Å². The minimum Gasteiger partial charge on any atom is -0.394 e. The maximum atomic E-state index is 8.98. The van der Waals surface area contributed by atoms with Gasteiger partial charge >= 0.3 is 0 Å². The fourth-order valence-electron chi connectivity index (χ4n) is 2.42. The Balaban J connectivity index is 2.20. The minimum atomic E-state index is -0.0367. The highest BCUT2D eigenvalue weighted by molar-refractivity contribution is 6.69. The molecule has 1 heterocycles. The molecule has 0 radical (unpaired) electrons. The molecule has 6 heteroatoms. The Labute approximate surface area is 131 Å². The van der Waals surface area contributed by atoms with Crippen molar-refractivity contribution in [2.45, 2.75) is 20.8 Å². The van der Waals surface area contributed by atoms with E-state index in [1.807, 2.05) is 31.2 Å². The van der Waals surface area contributed by atoms with Gasteiger partial charge in [0, 0.05) is 18.8 Å². The van der Waals surface area contributed by atoms with Crippen LogP contribution in [0.5, 0.6) is 0 Å². The largest absolute Gasteiger partial charge is 0.394 e. The smallest absolute Gasteiger partial charge is 0.169 e. The third-order valence-electron chi connectivity index (χ3n) is 3.63. The Hall–Kier alpha value is -2.21. The predicted molar refractivity (Wildman–Crippen MR) is 91.7 cm³/mol. The summed E-state index contributed by atoms with van der Waals surface area (Å²) in [6.07, 6.45) is 0. The van der Waals surface area contributed by atoms with Crippen molar-refractivity contribution in [1.29, 1.82) is 5.41 Å². The molecule has 0 amide bonds. The van der Waals surface area contributed by atoms with Crippen molar-refractivity contribution in [1.82, 2.24) is 5.01 Å². The van der Waals surface area contributed by atoms with Crippen LogP contribution in [0, 0.1) is 5.41 Å². The van der Waals surface area contributed by atoms with Gasteiger partial charge in [0.25, 0.3) is 0 Å². The molecule has 118 valence electrons. The quantitative estimate of drug-likeness (QED) is 0.846. The number of aliphatic hydroxyl groups is 1.